The molecule has 5 nitrogen and oxygen atoms in total. The van der Waals surface area contributed by atoms with Gasteiger partial charge in [-0.05, 0) is 13.0 Å². The maximum absolute atomic E-state index is 12.7. The quantitative estimate of drug-likeness (QED) is 0.804. The van der Waals surface area contributed by atoms with E-state index in [1.165, 1.54) is 21.0 Å². The first-order chi connectivity index (χ1) is 9.34. The molecule has 0 radical (unpaired) electrons. The van der Waals surface area contributed by atoms with Gasteiger partial charge in [-0.3, -0.25) is 18.9 Å². The van der Waals surface area contributed by atoms with E-state index in [1.54, 1.807) is 0 Å². The third-order valence-electron chi connectivity index (χ3n) is 2.88. The molecular formula is C13H17F2N3O2. The van der Waals surface area contributed by atoms with Crippen LogP contribution in [0, 0.1) is 6.92 Å². The molecule has 0 fully saturated rings. The van der Waals surface area contributed by atoms with Crippen LogP contribution in [0.25, 0.3) is 10.9 Å². The van der Waals surface area contributed by atoms with Gasteiger partial charge in [0.2, 0.25) is 0 Å². The summed E-state index contributed by atoms with van der Waals surface area (Å²) in [5, 5.41) is 0.184. The average molecular weight is 285 g/mol. The fraction of sp³-hybridized carbons (Fsp3) is 0.462. The van der Waals surface area contributed by atoms with Gasteiger partial charge < -0.3 is 0 Å². The number of aromatic nitrogens is 3. The number of aryl methyl sites for hydroxylation is 2. The Hall–Kier alpha value is -2.05. The molecule has 0 saturated carbocycles. The van der Waals surface area contributed by atoms with E-state index in [9.17, 15) is 18.4 Å². The highest BCUT2D eigenvalue weighted by Crippen LogP contribution is 2.21. The number of rotatable bonds is 1. The summed E-state index contributed by atoms with van der Waals surface area (Å²) in [5.41, 5.74) is -1.16. The Bertz CT molecular complexity index is 748. The van der Waals surface area contributed by atoms with E-state index in [2.05, 4.69) is 4.98 Å². The normalized spacial score (nSPS) is 10.6. The van der Waals surface area contributed by atoms with E-state index in [0.717, 1.165) is 15.2 Å². The minimum absolute atomic E-state index is 0.172. The second-order valence-corrected chi connectivity index (χ2v) is 4.03. The van der Waals surface area contributed by atoms with Gasteiger partial charge in [0, 0.05) is 14.1 Å². The lowest BCUT2D eigenvalue weighted by Gasteiger charge is -2.10. The van der Waals surface area contributed by atoms with Gasteiger partial charge >= 0.3 is 5.69 Å². The molecule has 0 aliphatic carbocycles. The molecule has 7 heteroatoms. The van der Waals surface area contributed by atoms with Crippen molar-refractivity contribution in [2.75, 3.05) is 0 Å². The molecule has 110 valence electrons. The van der Waals surface area contributed by atoms with Gasteiger partial charge in [0.15, 0.2) is 0 Å². The summed E-state index contributed by atoms with van der Waals surface area (Å²) in [5.74, 6) is 0. The van der Waals surface area contributed by atoms with E-state index < -0.39 is 23.4 Å². The minimum Gasteiger partial charge on any atom is -0.296 e. The largest absolute Gasteiger partial charge is 0.330 e. The Morgan fingerprint density at radius 3 is 2.20 bits per heavy atom. The maximum atomic E-state index is 12.7. The van der Waals surface area contributed by atoms with E-state index in [0.29, 0.717) is 0 Å². The number of fused-ring (bicyclic) bond motifs is 1. The zero-order chi connectivity index (χ0) is 15.6. The molecule has 0 saturated heterocycles. The van der Waals surface area contributed by atoms with Crippen molar-refractivity contribution >= 4 is 10.9 Å². The van der Waals surface area contributed by atoms with Crippen LogP contribution < -0.4 is 11.2 Å². The van der Waals surface area contributed by atoms with Crippen LogP contribution in [0.3, 0.4) is 0 Å². The third kappa shape index (κ3) is 2.48. The predicted octanol–water partition coefficient (Wildman–Crippen LogP) is 1.90. The van der Waals surface area contributed by atoms with Crippen LogP contribution in [0.4, 0.5) is 8.78 Å². The Morgan fingerprint density at radius 2 is 1.70 bits per heavy atom. The van der Waals surface area contributed by atoms with Gasteiger partial charge in [0.25, 0.3) is 12.0 Å². The Kier molecular flexibility index (Phi) is 4.75. The summed E-state index contributed by atoms with van der Waals surface area (Å²) in [6.45, 7) is 5.47. The molecular weight excluding hydrogens is 268 g/mol. The Morgan fingerprint density at radius 1 is 1.15 bits per heavy atom. The second-order valence-electron chi connectivity index (χ2n) is 4.03. The molecule has 0 aromatic carbocycles. The summed E-state index contributed by atoms with van der Waals surface area (Å²) < 4.78 is 27.4. The van der Waals surface area contributed by atoms with Crippen LogP contribution in [-0.2, 0) is 14.1 Å². The highest BCUT2D eigenvalue weighted by Gasteiger charge is 2.16. The number of alkyl halides is 2. The predicted molar refractivity (Wildman–Crippen MR) is 73.3 cm³/mol. The van der Waals surface area contributed by atoms with Crippen LogP contribution in [0.2, 0.25) is 0 Å². The standard InChI is InChI=1S/C11H11F2N3O2.C2H6/c1-5-8-7(4-6(14-5)9(12)13)15(2)11(18)16(3)10(8)17;1-2/h4,9H,1-3H3;1-2H3. The van der Waals surface area contributed by atoms with Crippen LogP contribution in [0.1, 0.15) is 31.7 Å². The lowest BCUT2D eigenvalue weighted by atomic mass is 10.2. The molecule has 2 aromatic rings. The topological polar surface area (TPSA) is 56.9 Å². The summed E-state index contributed by atoms with van der Waals surface area (Å²) in [4.78, 5) is 27.3. The molecule has 2 heterocycles. The Labute approximate surface area is 114 Å². The van der Waals surface area contributed by atoms with Gasteiger partial charge in [0.05, 0.1) is 16.6 Å². The molecule has 0 spiro atoms. The van der Waals surface area contributed by atoms with Crippen molar-refractivity contribution in [1.29, 1.82) is 0 Å². The van der Waals surface area contributed by atoms with E-state index >= 15 is 0 Å². The molecule has 0 unspecified atom stereocenters. The van der Waals surface area contributed by atoms with Gasteiger partial charge in [-0.2, -0.15) is 0 Å². The highest BCUT2D eigenvalue weighted by atomic mass is 19.3. The zero-order valence-electron chi connectivity index (χ0n) is 12.1. The number of nitrogens with zero attached hydrogens (tertiary/aromatic N) is 3. The van der Waals surface area contributed by atoms with Crippen molar-refractivity contribution in [3.63, 3.8) is 0 Å². The van der Waals surface area contributed by atoms with Crippen molar-refractivity contribution in [3.05, 3.63) is 38.3 Å². The molecule has 2 rings (SSSR count). The van der Waals surface area contributed by atoms with Crippen molar-refractivity contribution in [2.45, 2.75) is 27.2 Å². The molecule has 20 heavy (non-hydrogen) atoms. The first-order valence-electron chi connectivity index (χ1n) is 6.20. The fourth-order valence-corrected chi connectivity index (χ4v) is 1.90. The molecule has 0 aliphatic heterocycles. The first-order valence-corrected chi connectivity index (χ1v) is 6.20. The number of pyridine rings is 1. The third-order valence-corrected chi connectivity index (χ3v) is 2.88. The van der Waals surface area contributed by atoms with Crippen LogP contribution >= 0.6 is 0 Å². The second kappa shape index (κ2) is 5.94. The lowest BCUT2D eigenvalue weighted by molar-refractivity contribution is 0.146. The lowest BCUT2D eigenvalue weighted by Crippen LogP contribution is -2.37. The van der Waals surface area contributed by atoms with E-state index in [4.69, 9.17) is 0 Å². The number of hydrogen-bond donors (Lipinski definition) is 0. The number of hydrogen-bond acceptors (Lipinski definition) is 3. The SMILES string of the molecule is CC.Cc1nc(C(F)F)cc2c1c(=O)n(C)c(=O)n2C. The van der Waals surface area contributed by atoms with Crippen molar-refractivity contribution in [3.8, 4) is 0 Å². The molecule has 0 amide bonds. The van der Waals surface area contributed by atoms with Crippen LogP contribution in [-0.4, -0.2) is 14.1 Å². The zero-order valence-corrected chi connectivity index (χ0v) is 12.1. The fourth-order valence-electron chi connectivity index (χ4n) is 1.90. The van der Waals surface area contributed by atoms with Crippen LogP contribution in [0.15, 0.2) is 15.7 Å². The van der Waals surface area contributed by atoms with Gasteiger partial charge in [0.1, 0.15) is 5.69 Å². The molecule has 2 aromatic heterocycles. The highest BCUT2D eigenvalue weighted by molar-refractivity contribution is 5.80. The van der Waals surface area contributed by atoms with Crippen molar-refractivity contribution in [2.24, 2.45) is 14.1 Å². The molecule has 0 bridgehead atoms. The van der Waals surface area contributed by atoms with Crippen LogP contribution in [0.5, 0.6) is 0 Å². The maximum Gasteiger partial charge on any atom is 0.330 e. The van der Waals surface area contributed by atoms with Crippen molar-refractivity contribution in [1.82, 2.24) is 14.1 Å². The van der Waals surface area contributed by atoms with E-state index in [1.807, 2.05) is 13.8 Å². The van der Waals surface area contributed by atoms with Gasteiger partial charge in [-0.15, -0.1) is 0 Å². The summed E-state index contributed by atoms with van der Waals surface area (Å²) in [6, 6.07) is 1.08. The average Bonchev–Trinajstić information content (AvgIpc) is 2.44. The summed E-state index contributed by atoms with van der Waals surface area (Å²) in [7, 11) is 2.77. The molecule has 0 N–H and O–H groups in total. The summed E-state index contributed by atoms with van der Waals surface area (Å²) >= 11 is 0. The van der Waals surface area contributed by atoms with Crippen molar-refractivity contribution < 1.29 is 8.78 Å². The monoisotopic (exact) mass is 285 g/mol. The molecule has 0 aliphatic rings. The molecule has 0 atom stereocenters. The minimum atomic E-state index is -2.74. The van der Waals surface area contributed by atoms with Gasteiger partial charge in [-0.1, -0.05) is 13.8 Å². The smallest absolute Gasteiger partial charge is 0.296 e. The van der Waals surface area contributed by atoms with Gasteiger partial charge in [-0.25, -0.2) is 13.6 Å². The Balaban J connectivity index is 0.000000956. The first kappa shape index (κ1) is 16.0. The summed E-state index contributed by atoms with van der Waals surface area (Å²) in [6.07, 6.45) is -2.74. The number of halogens is 2. The van der Waals surface area contributed by atoms with E-state index in [-0.39, 0.29) is 16.6 Å².